The summed E-state index contributed by atoms with van der Waals surface area (Å²) in [6.45, 7) is 4.29. The summed E-state index contributed by atoms with van der Waals surface area (Å²) in [7, 11) is 1.16. The van der Waals surface area contributed by atoms with Gasteiger partial charge in [-0.3, -0.25) is 15.1 Å². The first-order valence-electron chi connectivity index (χ1n) is 10.6. The fraction of sp³-hybridized carbons (Fsp3) is 0.160. The molecule has 0 bridgehead atoms. The van der Waals surface area contributed by atoms with Crippen LogP contribution >= 0.6 is 0 Å². The van der Waals surface area contributed by atoms with Gasteiger partial charge in [-0.25, -0.2) is 14.2 Å². The first-order chi connectivity index (χ1) is 16.5. The molecule has 0 unspecified atom stereocenters. The Morgan fingerprint density at radius 1 is 1.12 bits per heavy atom. The molecular formula is C25H23FN4O4. The first kappa shape index (κ1) is 24.2. The quantitative estimate of drug-likeness (QED) is 0.220. The van der Waals surface area contributed by atoms with E-state index in [1.165, 1.54) is 24.3 Å². The number of nitro groups is 1. The second-order valence-electron chi connectivity index (χ2n) is 6.89. The Morgan fingerprint density at radius 3 is 2.62 bits per heavy atom. The van der Waals surface area contributed by atoms with E-state index in [-0.39, 0.29) is 23.6 Å². The number of nitrogens with zero attached hydrogens (tertiary/aromatic N) is 3. The van der Waals surface area contributed by atoms with Crippen LogP contribution in [0.4, 0.5) is 15.9 Å². The van der Waals surface area contributed by atoms with Crippen molar-refractivity contribution in [2.75, 3.05) is 12.4 Å². The number of benzene rings is 2. The van der Waals surface area contributed by atoms with Gasteiger partial charge in [0.05, 0.1) is 28.8 Å². The molecule has 0 fully saturated rings. The maximum absolute atomic E-state index is 14.3. The van der Waals surface area contributed by atoms with Gasteiger partial charge in [0.2, 0.25) is 5.82 Å². The molecule has 2 aromatic heterocycles. The summed E-state index contributed by atoms with van der Waals surface area (Å²) in [6.07, 6.45) is 1.71. The van der Waals surface area contributed by atoms with Crippen LogP contribution in [-0.2, 0) is 11.3 Å². The van der Waals surface area contributed by atoms with Crippen LogP contribution in [0.1, 0.15) is 29.8 Å². The van der Waals surface area contributed by atoms with Gasteiger partial charge in [0, 0.05) is 29.8 Å². The van der Waals surface area contributed by atoms with Crippen molar-refractivity contribution in [2.45, 2.75) is 20.4 Å². The first-order valence-corrected chi connectivity index (χ1v) is 10.6. The number of nitrogens with one attached hydrogen (secondary N) is 1. The monoisotopic (exact) mass is 462 g/mol. The molecule has 0 aliphatic rings. The highest BCUT2D eigenvalue weighted by atomic mass is 19.1. The molecule has 0 amide bonds. The molecule has 0 aliphatic carbocycles. The zero-order valence-corrected chi connectivity index (χ0v) is 18.9. The van der Waals surface area contributed by atoms with Gasteiger partial charge in [0.15, 0.2) is 0 Å². The summed E-state index contributed by atoms with van der Waals surface area (Å²) >= 11 is 0. The topological polar surface area (TPSA) is 107 Å². The Bertz CT molecular complexity index is 1340. The van der Waals surface area contributed by atoms with Crippen LogP contribution < -0.4 is 5.32 Å². The van der Waals surface area contributed by atoms with Crippen molar-refractivity contribution in [1.29, 1.82) is 0 Å². The molecule has 0 aliphatic heterocycles. The number of halogens is 1. The van der Waals surface area contributed by atoms with E-state index < -0.39 is 16.7 Å². The van der Waals surface area contributed by atoms with E-state index in [0.717, 1.165) is 29.6 Å². The summed E-state index contributed by atoms with van der Waals surface area (Å²) < 4.78 is 18.9. The fourth-order valence-corrected chi connectivity index (χ4v) is 3.26. The van der Waals surface area contributed by atoms with Gasteiger partial charge >= 0.3 is 11.7 Å². The summed E-state index contributed by atoms with van der Waals surface area (Å²) in [5, 5.41) is 15.4. The third-order valence-corrected chi connectivity index (χ3v) is 4.87. The van der Waals surface area contributed by atoms with Gasteiger partial charge in [-0.1, -0.05) is 32.0 Å². The predicted octanol–water partition coefficient (Wildman–Crippen LogP) is 5.77. The molecule has 0 saturated heterocycles. The highest BCUT2D eigenvalue weighted by molar-refractivity contribution is 5.90. The Kier molecular flexibility index (Phi) is 7.81. The maximum atomic E-state index is 14.3. The van der Waals surface area contributed by atoms with Crippen molar-refractivity contribution in [1.82, 2.24) is 9.97 Å². The van der Waals surface area contributed by atoms with Crippen molar-refractivity contribution >= 4 is 28.4 Å². The number of anilines is 1. The minimum absolute atomic E-state index is 0.0521. The number of methoxy groups -OCH3 is 1. The molecule has 0 saturated carbocycles. The second kappa shape index (κ2) is 11.0. The largest absolute Gasteiger partial charge is 0.465 e. The maximum Gasteiger partial charge on any atom is 0.340 e. The van der Waals surface area contributed by atoms with Crippen LogP contribution in [0.15, 0.2) is 66.9 Å². The van der Waals surface area contributed by atoms with E-state index in [2.05, 4.69) is 20.0 Å². The lowest BCUT2D eigenvalue weighted by molar-refractivity contribution is -0.384. The van der Waals surface area contributed by atoms with Gasteiger partial charge in [-0.2, -0.15) is 0 Å². The van der Waals surface area contributed by atoms with E-state index in [1.807, 2.05) is 44.2 Å². The molecule has 8 nitrogen and oxygen atoms in total. The van der Waals surface area contributed by atoms with Crippen LogP contribution in [0.5, 0.6) is 0 Å². The number of aromatic nitrogens is 2. The number of hydrogen-bond acceptors (Lipinski definition) is 7. The third kappa shape index (κ3) is 5.32. The SMILES string of the molecule is CC.COC(=O)c1ccc(-c2ccc([N+](=O)[O-])c(NCc3ccc4ncccc4c3)n2)cc1F. The molecule has 0 radical (unpaired) electrons. The van der Waals surface area contributed by atoms with Crippen molar-refractivity contribution in [2.24, 2.45) is 0 Å². The minimum Gasteiger partial charge on any atom is -0.465 e. The van der Waals surface area contributed by atoms with Crippen LogP contribution in [0.2, 0.25) is 0 Å². The number of carbonyl (C=O) groups excluding carboxylic acids is 1. The standard InChI is InChI=1S/C23H17FN4O4.C2H6/c1-32-23(29)17-6-5-16(12-18(17)24)20-8-9-21(28(30)31)22(27-20)26-13-14-4-7-19-15(11-14)3-2-10-25-19;1-2/h2-12H,13H2,1H3,(H,26,27);1-2H3. The lowest BCUT2D eigenvalue weighted by Crippen LogP contribution is -2.06. The molecule has 0 spiro atoms. The van der Waals surface area contributed by atoms with Crippen molar-refractivity contribution in [3.05, 3.63) is 93.9 Å². The molecule has 4 rings (SSSR count). The van der Waals surface area contributed by atoms with Crippen LogP contribution in [0, 0.1) is 15.9 Å². The van der Waals surface area contributed by atoms with Crippen LogP contribution in [-0.4, -0.2) is 28.0 Å². The number of pyridine rings is 2. The Balaban J connectivity index is 0.00000158. The Morgan fingerprint density at radius 2 is 1.91 bits per heavy atom. The average Bonchev–Trinajstić information content (AvgIpc) is 2.87. The Hall–Kier alpha value is -4.40. The van der Waals surface area contributed by atoms with Crippen LogP contribution in [0.25, 0.3) is 22.2 Å². The summed E-state index contributed by atoms with van der Waals surface area (Å²) in [6, 6.07) is 16.1. The molecule has 1 N–H and O–H groups in total. The minimum atomic E-state index is -0.793. The number of ether oxygens (including phenoxy) is 1. The van der Waals surface area contributed by atoms with E-state index in [9.17, 15) is 19.3 Å². The molecule has 34 heavy (non-hydrogen) atoms. The van der Waals surface area contributed by atoms with Gasteiger partial charge < -0.3 is 10.1 Å². The number of hydrogen-bond donors (Lipinski definition) is 1. The van der Waals surface area contributed by atoms with Gasteiger partial charge in [-0.05, 0) is 42.0 Å². The van der Waals surface area contributed by atoms with E-state index in [4.69, 9.17) is 0 Å². The molecule has 2 aromatic carbocycles. The predicted molar refractivity (Wildman–Crippen MR) is 128 cm³/mol. The zero-order valence-electron chi connectivity index (χ0n) is 18.9. The highest BCUT2D eigenvalue weighted by Crippen LogP contribution is 2.28. The lowest BCUT2D eigenvalue weighted by Gasteiger charge is -2.10. The molecule has 4 aromatic rings. The summed E-state index contributed by atoms with van der Waals surface area (Å²) in [5.74, 6) is -1.51. The molecule has 9 heteroatoms. The van der Waals surface area contributed by atoms with E-state index >= 15 is 0 Å². The van der Waals surface area contributed by atoms with Crippen molar-refractivity contribution < 1.29 is 18.8 Å². The number of carbonyl (C=O) groups is 1. The molecule has 0 atom stereocenters. The number of rotatable bonds is 6. The molecular weight excluding hydrogens is 439 g/mol. The summed E-state index contributed by atoms with van der Waals surface area (Å²) in [5.41, 5.74) is 2.01. The van der Waals surface area contributed by atoms with E-state index in [0.29, 0.717) is 11.3 Å². The van der Waals surface area contributed by atoms with Gasteiger partial charge in [-0.15, -0.1) is 0 Å². The Labute approximate surface area is 195 Å². The number of fused-ring (bicyclic) bond motifs is 1. The molecule has 2 heterocycles. The third-order valence-electron chi connectivity index (χ3n) is 4.87. The lowest BCUT2D eigenvalue weighted by atomic mass is 10.1. The van der Waals surface area contributed by atoms with Gasteiger partial charge in [0.1, 0.15) is 5.82 Å². The van der Waals surface area contributed by atoms with Crippen molar-refractivity contribution in [3.8, 4) is 11.3 Å². The second-order valence-corrected chi connectivity index (χ2v) is 6.89. The normalized spacial score (nSPS) is 10.2. The van der Waals surface area contributed by atoms with Crippen LogP contribution in [0.3, 0.4) is 0 Å². The van der Waals surface area contributed by atoms with E-state index in [1.54, 1.807) is 6.20 Å². The van der Waals surface area contributed by atoms with Gasteiger partial charge in [0.25, 0.3) is 0 Å². The summed E-state index contributed by atoms with van der Waals surface area (Å²) in [4.78, 5) is 31.1. The fourth-order valence-electron chi connectivity index (χ4n) is 3.26. The highest BCUT2D eigenvalue weighted by Gasteiger charge is 2.18. The smallest absolute Gasteiger partial charge is 0.340 e. The zero-order chi connectivity index (χ0) is 24.7. The number of esters is 1. The van der Waals surface area contributed by atoms with Crippen molar-refractivity contribution in [3.63, 3.8) is 0 Å². The average molecular weight is 462 g/mol. The molecule has 174 valence electrons.